The van der Waals surface area contributed by atoms with Crippen LogP contribution in [0.4, 0.5) is 4.79 Å². The number of aliphatic hydroxyl groups excluding tert-OH is 7. The van der Waals surface area contributed by atoms with Crippen molar-refractivity contribution < 1.29 is 117 Å². The number of hydrogen-bond acceptors (Lipinski definition) is 28. The summed E-state index contributed by atoms with van der Waals surface area (Å²) < 4.78 is 25.6. The summed E-state index contributed by atoms with van der Waals surface area (Å²) in [5.74, 6) is -10.4. The Bertz CT molecular complexity index is 3540. The van der Waals surface area contributed by atoms with Crippen molar-refractivity contribution in [3.63, 3.8) is 0 Å². The molecule has 35 nitrogen and oxygen atoms in total. The maximum atomic E-state index is 15.2. The Morgan fingerprint density at radius 2 is 1.35 bits per heavy atom. The number of aromatic hydroxyl groups is 1. The Balaban J connectivity index is 1.16. The Labute approximate surface area is 607 Å². The van der Waals surface area contributed by atoms with Gasteiger partial charge in [-0.2, -0.15) is 0 Å². The van der Waals surface area contributed by atoms with Gasteiger partial charge in [-0.05, 0) is 107 Å². The van der Waals surface area contributed by atoms with E-state index >= 15 is 9.59 Å². The number of benzene rings is 3. The lowest BCUT2D eigenvalue weighted by atomic mass is 9.98. The molecular formula is C67H93N11O24S2. The molecule has 3 saturated heterocycles. The van der Waals surface area contributed by atoms with Gasteiger partial charge in [-0.1, -0.05) is 65.1 Å². The van der Waals surface area contributed by atoms with Crippen molar-refractivity contribution in [1.29, 1.82) is 0 Å². The summed E-state index contributed by atoms with van der Waals surface area (Å²) in [6, 6.07) is 5.09. The van der Waals surface area contributed by atoms with E-state index in [1.807, 2.05) is 24.3 Å². The minimum Gasteiger partial charge on any atom is -0.504 e. The normalized spacial score (nSPS) is 23.5. The highest BCUT2D eigenvalue weighted by atomic mass is 32.2. The maximum absolute atomic E-state index is 15.2. The summed E-state index contributed by atoms with van der Waals surface area (Å²) in [6.45, 7) is 6.24. The smallest absolute Gasteiger partial charge is 0.407 e. The fourth-order valence-corrected chi connectivity index (χ4v) is 12.8. The molecule has 104 heavy (non-hydrogen) atoms. The number of amides is 9. The van der Waals surface area contributed by atoms with E-state index in [-0.39, 0.29) is 42.2 Å². The minimum absolute atomic E-state index is 0.0130. The number of β-amino-alcohol motifs (C(OH)–C–C–N with tert-alkyl or cyclic N) is 1. The summed E-state index contributed by atoms with van der Waals surface area (Å²) in [6.07, 6.45) is -11.1. The van der Waals surface area contributed by atoms with Crippen molar-refractivity contribution in [3.8, 4) is 38.4 Å². The van der Waals surface area contributed by atoms with Gasteiger partial charge in [0.15, 0.2) is 11.5 Å². The fraction of sp³-hybridized carbons (Fsp3) is 0.567. The third kappa shape index (κ3) is 24.1. The molecule has 4 aromatic rings. The van der Waals surface area contributed by atoms with Crippen LogP contribution in [0.15, 0.2) is 66.7 Å². The monoisotopic (exact) mass is 1500 g/mol. The van der Waals surface area contributed by atoms with Crippen LogP contribution >= 0.6 is 23.7 Å². The lowest BCUT2D eigenvalue weighted by molar-refractivity contribution is -0.433. The van der Waals surface area contributed by atoms with Gasteiger partial charge in [0.2, 0.25) is 41.4 Å². The number of nitrogens with one attached hydrogen (secondary N) is 7. The van der Waals surface area contributed by atoms with Crippen molar-refractivity contribution in [2.45, 2.75) is 183 Å². The number of rotatable bonds is 29. The summed E-state index contributed by atoms with van der Waals surface area (Å²) in [5.41, 5.74) is 0.550. The standard InChI is InChI=1S/C67H93N11O24S2/c1-35-33-78-54(55(35)86)61(92)70-32-41(80)30-44(71-56(87)38-13-15-39(16-14-38)62-75-76-63(103-62)40-17-19-43(20-18-40)98-27-11-9-7-8-10-26-97-6)57(88)72-51(36(2)79)64(93)77-34-42(81)31-45(77)58(89)73-52(49(85)28-37-12-21-46(82)50(29-37)100-104-102-101-96)60(91)74-53(65(78)94)47(83)22-24-68-59(90)48(84)23-25-69-66(95)99-67(3,4)5/h12-21,29,35-36,41-42,44-45,47-49,51-55,79-86,96H,7-11,22-28,30-34H2,1-6H3,(H,68,90)(H,69,95)(H,70,92)(H,71,87)(H,72,88)(H,73,89)(H,74,91)/t35-,36+,41+,42+,44+,45+,47-,48+,49-,51+,52+,53+,54+,55+/m1/s1. The predicted octanol–water partition coefficient (Wildman–Crippen LogP) is -0.353. The first-order chi connectivity index (χ1) is 49.5. The molecule has 4 heterocycles. The van der Waals surface area contributed by atoms with Gasteiger partial charge < -0.3 is 106 Å². The van der Waals surface area contributed by atoms with Gasteiger partial charge >= 0.3 is 6.09 Å². The number of aliphatic hydroxyl groups is 7. The number of carbonyl (C=O) groups is 9. The molecule has 1 aromatic heterocycles. The molecule has 0 unspecified atom stereocenters. The molecule has 0 saturated carbocycles. The van der Waals surface area contributed by atoms with Crippen molar-refractivity contribution in [2.24, 2.45) is 5.92 Å². The van der Waals surface area contributed by atoms with Crippen molar-refractivity contribution in [3.05, 3.63) is 77.9 Å². The van der Waals surface area contributed by atoms with Gasteiger partial charge in [0.1, 0.15) is 63.7 Å². The summed E-state index contributed by atoms with van der Waals surface area (Å²) in [5, 5.41) is 130. The number of fused-ring (bicyclic) bond motifs is 2. The van der Waals surface area contributed by atoms with Gasteiger partial charge in [-0.25, -0.2) is 10.1 Å². The summed E-state index contributed by atoms with van der Waals surface area (Å²) >= 11 is 1.32. The van der Waals surface area contributed by atoms with Crippen molar-refractivity contribution in [1.82, 2.24) is 57.2 Å². The molecule has 572 valence electrons. The Morgan fingerprint density at radius 3 is 2.00 bits per heavy atom. The van der Waals surface area contributed by atoms with Gasteiger partial charge in [-0.15, -0.1) is 10.2 Å². The zero-order valence-electron chi connectivity index (χ0n) is 58.2. The second-order valence-corrected chi connectivity index (χ2v) is 27.9. The lowest BCUT2D eigenvalue weighted by Crippen LogP contribution is -2.64. The third-order valence-corrected chi connectivity index (χ3v) is 18.6. The van der Waals surface area contributed by atoms with Crippen LogP contribution in [0.1, 0.15) is 108 Å². The predicted molar refractivity (Wildman–Crippen MR) is 370 cm³/mol. The Kier molecular flexibility index (Phi) is 31.6. The first kappa shape index (κ1) is 82.8. The second kappa shape index (κ2) is 39.6. The SMILES string of the molecule is COCCCCCCCOc1ccc(-c2nnc(-c3ccc(C(=O)N[C@H]4C[C@H](O)CNC(=O)[C@@H]5[C@@H](O)[C@H](C)CN5C(=O)[C@H]([C@H](O)CCNC(=O)[C@@H](O)CCNC(=O)OC(C)(C)C)NC(=O)[C@H]([C@H](O)Cc5ccc(O)c(OSOOO)c5)NC(=O)[C@@H]5C[C@H](O)CN5C(=O)[C@H]([C@H](C)O)NC4=O)cc3)s2)cc1. The molecule has 16 N–H and O–H groups in total. The lowest BCUT2D eigenvalue weighted by Gasteiger charge is -2.34. The molecule has 3 aromatic carbocycles. The zero-order valence-corrected chi connectivity index (χ0v) is 59.8. The molecule has 0 radical (unpaired) electrons. The minimum atomic E-state index is -2.23. The number of nitrogens with zero attached hydrogens (tertiary/aromatic N) is 4. The maximum Gasteiger partial charge on any atom is 0.407 e. The highest BCUT2D eigenvalue weighted by Crippen LogP contribution is 2.34. The molecule has 0 spiro atoms. The Hall–Kier alpha value is -8.44. The van der Waals surface area contributed by atoms with Gasteiger partial charge in [-0.3, -0.25) is 38.4 Å². The van der Waals surface area contributed by atoms with E-state index in [4.69, 9.17) is 23.7 Å². The van der Waals surface area contributed by atoms with Crippen LogP contribution in [-0.2, 0) is 58.8 Å². The topological polar surface area (TPSA) is 508 Å². The number of methoxy groups -OCH3 is 1. The number of phenolic OH excluding ortho intramolecular Hbond substituents is 1. The zero-order chi connectivity index (χ0) is 75.9. The molecule has 3 aliphatic heterocycles. The van der Waals surface area contributed by atoms with Gasteiger partial charge in [0, 0.05) is 88.3 Å². The largest absolute Gasteiger partial charge is 0.504 e. The number of aromatic nitrogens is 2. The van der Waals surface area contributed by atoms with E-state index in [0.717, 1.165) is 73.1 Å². The molecule has 0 bridgehead atoms. The number of unbranched alkanes of at least 4 members (excludes halogenated alkanes) is 4. The average Bonchev–Trinajstić information content (AvgIpc) is 1.63. The number of hydrogen-bond donors (Lipinski definition) is 16. The number of phenols is 1. The van der Waals surface area contributed by atoms with E-state index in [9.17, 15) is 74.4 Å². The van der Waals surface area contributed by atoms with E-state index in [1.165, 1.54) is 36.5 Å². The number of ether oxygens (including phenoxy) is 3. The Morgan fingerprint density at radius 1 is 0.721 bits per heavy atom. The van der Waals surface area contributed by atoms with Crippen LogP contribution in [0.3, 0.4) is 0 Å². The van der Waals surface area contributed by atoms with Crippen LogP contribution in [-0.4, -0.2) is 257 Å². The summed E-state index contributed by atoms with van der Waals surface area (Å²) in [7, 11) is 1.69. The number of carbonyl (C=O) groups excluding carboxylic acids is 9. The van der Waals surface area contributed by atoms with Gasteiger partial charge in [0.25, 0.3) is 18.2 Å². The van der Waals surface area contributed by atoms with E-state index in [2.05, 4.69) is 56.8 Å². The molecular weight excluding hydrogens is 1410 g/mol. The van der Waals surface area contributed by atoms with Crippen LogP contribution in [0.2, 0.25) is 0 Å². The van der Waals surface area contributed by atoms with Crippen LogP contribution < -0.4 is 46.1 Å². The summed E-state index contributed by atoms with van der Waals surface area (Å²) in [4.78, 5) is 130. The van der Waals surface area contributed by atoms with Crippen molar-refractivity contribution in [2.75, 3.05) is 53.0 Å². The fourth-order valence-electron chi connectivity index (χ4n) is 11.7. The molecule has 37 heteroatoms. The van der Waals surface area contributed by atoms with Crippen molar-refractivity contribution >= 4 is 77.0 Å². The van der Waals surface area contributed by atoms with Crippen LogP contribution in [0.25, 0.3) is 21.1 Å². The molecule has 3 aliphatic rings. The molecule has 7 rings (SSSR count). The van der Waals surface area contributed by atoms with Crippen LogP contribution in [0, 0.1) is 5.92 Å². The highest BCUT2D eigenvalue weighted by Gasteiger charge is 2.50. The first-order valence-electron chi connectivity index (χ1n) is 33.9. The van der Waals surface area contributed by atoms with E-state index in [1.54, 1.807) is 40.0 Å². The molecule has 0 aliphatic carbocycles. The van der Waals surface area contributed by atoms with Crippen LogP contribution in [0.5, 0.6) is 17.2 Å². The molecule has 9 amide bonds. The number of alkyl carbamates (subject to hydrolysis) is 1. The third-order valence-electron chi connectivity index (χ3n) is 17.2. The molecule has 3 fully saturated rings. The van der Waals surface area contributed by atoms with Gasteiger partial charge in [0.05, 0.1) is 43.2 Å². The quantitative estimate of drug-likeness (QED) is 0.0143. The van der Waals surface area contributed by atoms with E-state index in [0.29, 0.717) is 27.9 Å². The molecule has 14 atom stereocenters. The highest BCUT2D eigenvalue weighted by molar-refractivity contribution is 7.90. The van der Waals surface area contributed by atoms with E-state index < -0.39 is 201 Å². The first-order valence-corrected chi connectivity index (χ1v) is 35.4. The second-order valence-electron chi connectivity index (χ2n) is 26.5. The average molecular weight is 1500 g/mol.